The molecule has 148 valence electrons. The van der Waals surface area contributed by atoms with Gasteiger partial charge >= 0.3 is 0 Å². The third-order valence-corrected chi connectivity index (χ3v) is 5.19. The van der Waals surface area contributed by atoms with E-state index in [9.17, 15) is 9.18 Å². The van der Waals surface area contributed by atoms with E-state index in [2.05, 4.69) is 5.32 Å². The molecule has 2 aromatic rings. The smallest absolute Gasteiger partial charge is 0.251 e. The van der Waals surface area contributed by atoms with E-state index < -0.39 is 5.79 Å². The number of carbonyl (C=O) groups is 1. The van der Waals surface area contributed by atoms with Crippen LogP contribution in [-0.2, 0) is 11.3 Å². The maximum atomic E-state index is 13.3. The minimum Gasteiger partial charge on any atom is -0.448 e. The summed E-state index contributed by atoms with van der Waals surface area (Å²) in [6.45, 7) is 0.698. The highest BCUT2D eigenvalue weighted by atomic mass is 19.1. The lowest BCUT2D eigenvalue weighted by Gasteiger charge is -2.31. The molecule has 1 N–H and O–H groups in total. The third-order valence-electron chi connectivity index (χ3n) is 5.19. The van der Waals surface area contributed by atoms with Crippen molar-refractivity contribution in [2.75, 3.05) is 18.9 Å². The normalized spacial score (nSPS) is 17.1. The molecule has 1 heterocycles. The van der Waals surface area contributed by atoms with Gasteiger partial charge in [0, 0.05) is 31.1 Å². The molecule has 1 spiro atoms. The Morgan fingerprint density at radius 2 is 1.89 bits per heavy atom. The number of ether oxygens (including phenoxy) is 2. The molecule has 0 radical (unpaired) electrons. The maximum absolute atomic E-state index is 13.3. The van der Waals surface area contributed by atoms with Gasteiger partial charge in [0.2, 0.25) is 5.91 Å². The molecule has 5 nitrogen and oxygen atoms in total. The molecule has 0 saturated heterocycles. The number of fused-ring (bicyclic) bond motifs is 1. The summed E-state index contributed by atoms with van der Waals surface area (Å²) in [6, 6.07) is 11.9. The van der Waals surface area contributed by atoms with Gasteiger partial charge in [0.15, 0.2) is 11.5 Å². The Morgan fingerprint density at radius 1 is 1.11 bits per heavy atom. The van der Waals surface area contributed by atoms with Crippen molar-refractivity contribution in [1.82, 2.24) is 4.90 Å². The molecule has 0 unspecified atom stereocenters. The van der Waals surface area contributed by atoms with Crippen molar-refractivity contribution in [3.05, 3.63) is 53.8 Å². The molecule has 6 heteroatoms. The van der Waals surface area contributed by atoms with Gasteiger partial charge in [-0.05, 0) is 49.7 Å². The van der Waals surface area contributed by atoms with Gasteiger partial charge < -0.3 is 14.8 Å². The van der Waals surface area contributed by atoms with Crippen molar-refractivity contribution in [3.8, 4) is 11.5 Å². The zero-order valence-corrected chi connectivity index (χ0v) is 16.0. The van der Waals surface area contributed by atoms with Crippen LogP contribution >= 0.6 is 0 Å². The van der Waals surface area contributed by atoms with Crippen LogP contribution in [0.2, 0.25) is 0 Å². The van der Waals surface area contributed by atoms with Gasteiger partial charge in [-0.2, -0.15) is 0 Å². The Labute approximate surface area is 164 Å². The fourth-order valence-electron chi connectivity index (χ4n) is 3.91. The van der Waals surface area contributed by atoms with E-state index in [4.69, 9.17) is 9.47 Å². The van der Waals surface area contributed by atoms with E-state index in [1.54, 1.807) is 6.07 Å². The molecule has 1 fully saturated rings. The molecule has 0 bridgehead atoms. The Morgan fingerprint density at radius 3 is 2.68 bits per heavy atom. The first-order valence-corrected chi connectivity index (χ1v) is 9.76. The largest absolute Gasteiger partial charge is 0.448 e. The number of likely N-dealkylation sites (N-methyl/N-ethyl adjacent to an activating group) is 1. The van der Waals surface area contributed by atoms with Crippen LogP contribution in [0.15, 0.2) is 42.5 Å². The molecule has 0 aromatic heterocycles. The van der Waals surface area contributed by atoms with Crippen molar-refractivity contribution in [1.29, 1.82) is 0 Å². The fraction of sp³-hybridized carbons (Fsp3) is 0.409. The zero-order chi connectivity index (χ0) is 19.6. The second-order valence-electron chi connectivity index (χ2n) is 7.69. The first-order chi connectivity index (χ1) is 13.5. The lowest BCUT2D eigenvalue weighted by Crippen LogP contribution is -2.40. The molecule has 28 heavy (non-hydrogen) atoms. The van der Waals surface area contributed by atoms with Gasteiger partial charge in [0.1, 0.15) is 5.82 Å². The molecule has 1 aliphatic heterocycles. The minimum absolute atomic E-state index is 0.134. The number of carbonyl (C=O) groups excluding carboxylic acids is 1. The summed E-state index contributed by atoms with van der Waals surface area (Å²) < 4.78 is 25.5. The molecule has 2 aliphatic rings. The summed E-state index contributed by atoms with van der Waals surface area (Å²) >= 11 is 0. The highest BCUT2D eigenvalue weighted by molar-refractivity contribution is 5.92. The van der Waals surface area contributed by atoms with Crippen LogP contribution in [0.4, 0.5) is 10.1 Å². The highest BCUT2D eigenvalue weighted by Gasteiger charge is 2.42. The molecule has 2 aromatic carbocycles. The van der Waals surface area contributed by atoms with E-state index in [0.717, 1.165) is 37.0 Å². The SMILES string of the molecule is CN(CC(=O)Nc1ccc2c(c1)OC1(CCCCC1)O2)Cc1cccc(F)c1. The summed E-state index contributed by atoms with van der Waals surface area (Å²) in [7, 11) is 1.83. The van der Waals surface area contributed by atoms with Crippen molar-refractivity contribution in [2.24, 2.45) is 0 Å². The Hall–Kier alpha value is -2.60. The standard InChI is InChI=1S/C22H25FN2O3/c1-25(14-16-6-5-7-17(23)12-16)15-21(26)24-18-8-9-19-20(13-18)28-22(27-19)10-3-2-4-11-22/h5-9,12-13H,2-4,10-11,14-15H2,1H3,(H,24,26). The first-order valence-electron chi connectivity index (χ1n) is 9.76. The number of benzene rings is 2. The molecule has 1 saturated carbocycles. The molecule has 1 amide bonds. The van der Waals surface area contributed by atoms with Crippen LogP contribution in [0.25, 0.3) is 0 Å². The Bertz CT molecular complexity index is 865. The maximum Gasteiger partial charge on any atom is 0.251 e. The number of amides is 1. The average molecular weight is 384 g/mol. The van der Waals surface area contributed by atoms with E-state index in [0.29, 0.717) is 18.0 Å². The van der Waals surface area contributed by atoms with E-state index in [1.807, 2.05) is 36.2 Å². The monoisotopic (exact) mass is 384 g/mol. The van der Waals surface area contributed by atoms with Crippen LogP contribution in [0, 0.1) is 5.82 Å². The number of rotatable bonds is 5. The highest BCUT2D eigenvalue weighted by Crippen LogP contribution is 2.46. The number of nitrogens with zero attached hydrogens (tertiary/aromatic N) is 1. The first kappa shape index (κ1) is 18.7. The summed E-state index contributed by atoms with van der Waals surface area (Å²) in [5, 5.41) is 2.90. The van der Waals surface area contributed by atoms with E-state index in [1.165, 1.54) is 18.6 Å². The summed E-state index contributed by atoms with van der Waals surface area (Å²) in [5.74, 6) is 0.501. The second-order valence-corrected chi connectivity index (χ2v) is 7.69. The van der Waals surface area contributed by atoms with Crippen LogP contribution < -0.4 is 14.8 Å². The average Bonchev–Trinajstić information content (AvgIpc) is 2.98. The van der Waals surface area contributed by atoms with Crippen molar-refractivity contribution >= 4 is 11.6 Å². The number of halogens is 1. The molecule has 0 atom stereocenters. The van der Waals surface area contributed by atoms with Crippen molar-refractivity contribution < 1.29 is 18.7 Å². The summed E-state index contributed by atoms with van der Waals surface area (Å²) in [6.07, 6.45) is 5.22. The van der Waals surface area contributed by atoms with Crippen molar-refractivity contribution in [2.45, 2.75) is 44.4 Å². The van der Waals surface area contributed by atoms with Gasteiger partial charge in [-0.15, -0.1) is 0 Å². The fourth-order valence-corrected chi connectivity index (χ4v) is 3.91. The van der Waals surface area contributed by atoms with Crippen LogP contribution in [0.1, 0.15) is 37.7 Å². The predicted octanol–water partition coefficient (Wildman–Crippen LogP) is 4.33. The summed E-state index contributed by atoms with van der Waals surface area (Å²) in [5.41, 5.74) is 1.51. The third kappa shape index (κ3) is 4.28. The number of hydrogen-bond acceptors (Lipinski definition) is 4. The zero-order valence-electron chi connectivity index (χ0n) is 16.0. The lowest BCUT2D eigenvalue weighted by molar-refractivity contribution is -0.117. The number of nitrogens with one attached hydrogen (secondary N) is 1. The predicted molar refractivity (Wildman–Crippen MR) is 105 cm³/mol. The van der Waals surface area contributed by atoms with Gasteiger partial charge in [-0.3, -0.25) is 9.69 Å². The van der Waals surface area contributed by atoms with Gasteiger partial charge in [0.25, 0.3) is 5.79 Å². The van der Waals surface area contributed by atoms with Crippen molar-refractivity contribution in [3.63, 3.8) is 0 Å². The summed E-state index contributed by atoms with van der Waals surface area (Å²) in [4.78, 5) is 14.2. The molecular formula is C22H25FN2O3. The van der Waals surface area contributed by atoms with Gasteiger partial charge in [-0.1, -0.05) is 18.6 Å². The second kappa shape index (κ2) is 7.80. The quantitative estimate of drug-likeness (QED) is 0.834. The topological polar surface area (TPSA) is 50.8 Å². The molecule has 1 aliphatic carbocycles. The van der Waals surface area contributed by atoms with E-state index >= 15 is 0 Å². The number of hydrogen-bond donors (Lipinski definition) is 1. The van der Waals surface area contributed by atoms with E-state index in [-0.39, 0.29) is 18.3 Å². The van der Waals surface area contributed by atoms with Crippen LogP contribution in [0.5, 0.6) is 11.5 Å². The number of anilines is 1. The minimum atomic E-state index is -0.519. The Kier molecular flexibility index (Phi) is 5.22. The van der Waals surface area contributed by atoms with Gasteiger partial charge in [-0.25, -0.2) is 4.39 Å². The van der Waals surface area contributed by atoms with Crippen LogP contribution in [0.3, 0.4) is 0 Å². The van der Waals surface area contributed by atoms with Crippen LogP contribution in [-0.4, -0.2) is 30.2 Å². The van der Waals surface area contributed by atoms with Gasteiger partial charge in [0.05, 0.1) is 6.54 Å². The lowest BCUT2D eigenvalue weighted by atomic mass is 9.94. The molecule has 4 rings (SSSR count). The molecular weight excluding hydrogens is 359 g/mol. The Balaban J connectivity index is 1.33.